The summed E-state index contributed by atoms with van der Waals surface area (Å²) in [6, 6.07) is 0. The summed E-state index contributed by atoms with van der Waals surface area (Å²) in [5, 5.41) is 10.7. The maximum atomic E-state index is 3.88. The number of hydrogen-bond acceptors (Lipinski definition) is 3. The minimum absolute atomic E-state index is 0.816. The van der Waals surface area contributed by atoms with Crippen molar-refractivity contribution in [3.05, 3.63) is 11.9 Å². The lowest BCUT2D eigenvalue weighted by Gasteiger charge is -1.93. The molecule has 1 aromatic heterocycles. The second kappa shape index (κ2) is 5.33. The summed E-state index contributed by atoms with van der Waals surface area (Å²) in [7, 11) is 1.92. The molecule has 0 aliphatic carbocycles. The largest absolute Gasteiger partial charge is 0.319 e. The zero-order valence-corrected chi connectivity index (χ0v) is 8.04. The van der Waals surface area contributed by atoms with Crippen molar-refractivity contribution in [1.29, 1.82) is 0 Å². The van der Waals surface area contributed by atoms with E-state index >= 15 is 0 Å². The summed E-state index contributed by atoms with van der Waals surface area (Å²) in [6.07, 6.45) is 2.54. The number of aromatic nitrogens is 3. The molecule has 0 atom stereocenters. The highest BCUT2D eigenvalue weighted by Gasteiger charge is 1.95. The van der Waals surface area contributed by atoms with Gasteiger partial charge in [-0.3, -0.25) is 0 Å². The number of aryl methyl sites for hydroxylation is 1. The van der Waals surface area contributed by atoms with E-state index in [9.17, 15) is 0 Å². The molecule has 0 saturated heterocycles. The van der Waals surface area contributed by atoms with Gasteiger partial charge < -0.3 is 5.32 Å². The van der Waals surface area contributed by atoms with E-state index in [0.29, 0.717) is 0 Å². The third kappa shape index (κ3) is 2.88. The first-order chi connectivity index (χ1) is 6.38. The van der Waals surface area contributed by atoms with E-state index < -0.39 is 0 Å². The molecule has 0 aromatic carbocycles. The number of rotatable bonds is 3. The topological polar surface area (TPSA) is 42.7 Å². The molecular formula is C9H14N4. The highest BCUT2D eigenvalue weighted by atomic mass is 15.4. The summed E-state index contributed by atoms with van der Waals surface area (Å²) < 4.78 is 1.78. The van der Waals surface area contributed by atoms with Gasteiger partial charge in [0.1, 0.15) is 5.69 Å². The van der Waals surface area contributed by atoms with E-state index in [1.165, 1.54) is 0 Å². The minimum atomic E-state index is 0.816. The van der Waals surface area contributed by atoms with Crippen LogP contribution in [0.5, 0.6) is 0 Å². The van der Waals surface area contributed by atoms with E-state index in [1.807, 2.05) is 14.0 Å². The van der Waals surface area contributed by atoms with E-state index in [0.717, 1.165) is 25.2 Å². The van der Waals surface area contributed by atoms with Crippen LogP contribution in [0.4, 0.5) is 0 Å². The average Bonchev–Trinajstić information content (AvgIpc) is 2.60. The van der Waals surface area contributed by atoms with Crippen molar-refractivity contribution in [2.75, 3.05) is 13.6 Å². The van der Waals surface area contributed by atoms with Gasteiger partial charge in [0, 0.05) is 19.5 Å². The second-order valence-corrected chi connectivity index (χ2v) is 2.59. The van der Waals surface area contributed by atoms with Gasteiger partial charge in [0.2, 0.25) is 0 Å². The number of nitrogens with one attached hydrogen (secondary N) is 1. The summed E-state index contributed by atoms with van der Waals surface area (Å²) in [5.41, 5.74) is 0.888. The highest BCUT2D eigenvalue weighted by molar-refractivity contribution is 5.24. The summed E-state index contributed by atoms with van der Waals surface area (Å²) >= 11 is 0. The number of hydrogen-bond donors (Lipinski definition) is 1. The van der Waals surface area contributed by atoms with Crippen molar-refractivity contribution in [3.63, 3.8) is 0 Å². The predicted octanol–water partition coefficient (Wildman–Crippen LogP) is 0.259. The molecule has 70 valence electrons. The summed E-state index contributed by atoms with van der Waals surface area (Å²) in [6.45, 7) is 3.75. The molecule has 1 aromatic rings. The fourth-order valence-electron chi connectivity index (χ4n) is 0.929. The van der Waals surface area contributed by atoms with Crippen molar-refractivity contribution in [2.45, 2.75) is 19.9 Å². The van der Waals surface area contributed by atoms with Crippen LogP contribution in [0.15, 0.2) is 6.20 Å². The van der Waals surface area contributed by atoms with E-state index in [4.69, 9.17) is 0 Å². The molecule has 0 amide bonds. The molecule has 13 heavy (non-hydrogen) atoms. The molecule has 0 saturated carbocycles. The Hall–Kier alpha value is -1.34. The van der Waals surface area contributed by atoms with Crippen LogP contribution in [0, 0.1) is 11.8 Å². The standard InChI is InChI=1S/C9H14N4/c1-3-13-9(8-11-12-13)6-4-5-7-10-2/h8,10H,3,5,7H2,1-2H3. The van der Waals surface area contributed by atoms with Gasteiger partial charge in [-0.15, -0.1) is 5.10 Å². The Morgan fingerprint density at radius 2 is 2.46 bits per heavy atom. The van der Waals surface area contributed by atoms with Crippen LogP contribution >= 0.6 is 0 Å². The molecule has 0 aliphatic rings. The van der Waals surface area contributed by atoms with Crippen molar-refractivity contribution in [2.24, 2.45) is 0 Å². The monoisotopic (exact) mass is 178 g/mol. The second-order valence-electron chi connectivity index (χ2n) is 2.59. The molecule has 0 bridgehead atoms. The van der Waals surface area contributed by atoms with E-state index in [2.05, 4.69) is 27.5 Å². The van der Waals surface area contributed by atoms with Gasteiger partial charge in [0.25, 0.3) is 0 Å². The minimum Gasteiger partial charge on any atom is -0.319 e. The van der Waals surface area contributed by atoms with Crippen LogP contribution in [0.3, 0.4) is 0 Å². The average molecular weight is 178 g/mol. The van der Waals surface area contributed by atoms with Crippen LogP contribution in [-0.2, 0) is 6.54 Å². The predicted molar refractivity (Wildman–Crippen MR) is 51.1 cm³/mol. The fraction of sp³-hybridized carbons (Fsp3) is 0.556. The summed E-state index contributed by atoms with van der Waals surface area (Å²) in [4.78, 5) is 0. The smallest absolute Gasteiger partial charge is 0.131 e. The zero-order chi connectivity index (χ0) is 9.52. The normalized spacial score (nSPS) is 9.38. The van der Waals surface area contributed by atoms with E-state index in [-0.39, 0.29) is 0 Å². The van der Waals surface area contributed by atoms with E-state index in [1.54, 1.807) is 10.9 Å². The van der Waals surface area contributed by atoms with Crippen molar-refractivity contribution in [3.8, 4) is 11.8 Å². The number of nitrogens with zero attached hydrogens (tertiary/aromatic N) is 3. The van der Waals surface area contributed by atoms with Gasteiger partial charge >= 0.3 is 0 Å². The fourth-order valence-corrected chi connectivity index (χ4v) is 0.929. The van der Waals surface area contributed by atoms with Crippen LogP contribution in [-0.4, -0.2) is 28.6 Å². The Balaban J connectivity index is 2.55. The molecule has 1 N–H and O–H groups in total. The van der Waals surface area contributed by atoms with Gasteiger partial charge in [-0.25, -0.2) is 4.68 Å². The molecule has 1 rings (SSSR count). The lowest BCUT2D eigenvalue weighted by Crippen LogP contribution is -2.06. The quantitative estimate of drug-likeness (QED) is 0.533. The van der Waals surface area contributed by atoms with Gasteiger partial charge in [-0.05, 0) is 19.9 Å². The molecule has 0 radical (unpaired) electrons. The summed E-state index contributed by atoms with van der Waals surface area (Å²) in [5.74, 6) is 6.08. The zero-order valence-electron chi connectivity index (χ0n) is 8.04. The molecule has 0 spiro atoms. The first kappa shape index (κ1) is 9.75. The Morgan fingerprint density at radius 3 is 3.15 bits per heavy atom. The molecule has 1 heterocycles. The third-order valence-electron chi connectivity index (χ3n) is 1.63. The van der Waals surface area contributed by atoms with Crippen LogP contribution in [0.2, 0.25) is 0 Å². The molecule has 4 nitrogen and oxygen atoms in total. The molecular weight excluding hydrogens is 164 g/mol. The SMILES string of the molecule is CCn1nncc1C#CCCNC. The first-order valence-corrected chi connectivity index (χ1v) is 4.40. The van der Waals surface area contributed by atoms with Crippen LogP contribution in [0.1, 0.15) is 19.0 Å². The Kier molecular flexibility index (Phi) is 4.00. The lowest BCUT2D eigenvalue weighted by molar-refractivity contribution is 0.621. The molecule has 4 heteroatoms. The lowest BCUT2D eigenvalue weighted by atomic mass is 10.4. The van der Waals surface area contributed by atoms with Gasteiger partial charge in [-0.2, -0.15) is 0 Å². The van der Waals surface area contributed by atoms with Crippen molar-refractivity contribution >= 4 is 0 Å². The van der Waals surface area contributed by atoms with Crippen molar-refractivity contribution in [1.82, 2.24) is 20.3 Å². The van der Waals surface area contributed by atoms with Crippen LogP contribution in [0.25, 0.3) is 0 Å². The van der Waals surface area contributed by atoms with Gasteiger partial charge in [-0.1, -0.05) is 11.1 Å². The Labute approximate surface area is 78.3 Å². The molecule has 0 unspecified atom stereocenters. The third-order valence-corrected chi connectivity index (χ3v) is 1.63. The molecule has 0 aliphatic heterocycles. The van der Waals surface area contributed by atoms with Gasteiger partial charge in [0.15, 0.2) is 0 Å². The maximum absolute atomic E-state index is 3.88. The Bertz CT molecular complexity index is 305. The molecule has 0 fully saturated rings. The van der Waals surface area contributed by atoms with Gasteiger partial charge in [0.05, 0.1) is 6.20 Å². The first-order valence-electron chi connectivity index (χ1n) is 4.40. The Morgan fingerprint density at radius 1 is 1.62 bits per heavy atom. The van der Waals surface area contributed by atoms with Crippen LogP contribution < -0.4 is 5.32 Å². The maximum Gasteiger partial charge on any atom is 0.131 e. The van der Waals surface area contributed by atoms with Crippen molar-refractivity contribution < 1.29 is 0 Å². The highest BCUT2D eigenvalue weighted by Crippen LogP contribution is 1.92.